The molecule has 34 heavy (non-hydrogen) atoms. The van der Waals surface area contributed by atoms with Gasteiger partial charge in [-0.3, -0.25) is 14.4 Å². The van der Waals surface area contributed by atoms with Crippen LogP contribution >= 0.6 is 0 Å². The summed E-state index contributed by atoms with van der Waals surface area (Å²) in [6.07, 6.45) is 9.41. The van der Waals surface area contributed by atoms with Gasteiger partial charge in [0, 0.05) is 25.7 Å². The third-order valence-corrected chi connectivity index (χ3v) is 9.00. The zero-order chi connectivity index (χ0) is 24.7. The fourth-order valence-corrected chi connectivity index (χ4v) is 7.31. The number of hydrogen-bond acceptors (Lipinski definition) is 5. The Morgan fingerprint density at radius 3 is 2.56 bits per heavy atom. The summed E-state index contributed by atoms with van der Waals surface area (Å²) in [6, 6.07) is -0.724. The van der Waals surface area contributed by atoms with E-state index in [-0.39, 0.29) is 30.4 Å². The van der Waals surface area contributed by atoms with Crippen molar-refractivity contribution in [3.8, 4) is 0 Å². The zero-order valence-corrected chi connectivity index (χ0v) is 20.6. The minimum absolute atomic E-state index is 0.0789. The highest BCUT2D eigenvalue weighted by molar-refractivity contribution is 5.98. The number of likely N-dealkylation sites (tertiary alicyclic amines) is 1. The van der Waals surface area contributed by atoms with E-state index in [1.165, 1.54) is 0 Å². The van der Waals surface area contributed by atoms with E-state index in [1.807, 2.05) is 11.8 Å². The van der Waals surface area contributed by atoms with Crippen molar-refractivity contribution in [1.82, 2.24) is 9.80 Å². The van der Waals surface area contributed by atoms with Crippen LogP contribution in [0.25, 0.3) is 0 Å². The molecule has 6 atom stereocenters. The normalized spacial score (nSPS) is 37.1. The number of ether oxygens (including phenoxy) is 1. The minimum Gasteiger partial charge on any atom is -0.481 e. The molecule has 2 amide bonds. The Balaban J connectivity index is 1.73. The number of carboxylic acid groups (broad SMARTS) is 1. The van der Waals surface area contributed by atoms with E-state index in [9.17, 15) is 19.5 Å². The molecule has 2 bridgehead atoms. The number of nitrogens with zero attached hydrogens (tertiary/aromatic N) is 2. The zero-order valence-electron chi connectivity index (χ0n) is 20.6. The monoisotopic (exact) mass is 476 g/mol. The maximum Gasteiger partial charge on any atom is 0.310 e. The molecule has 1 saturated carbocycles. The molecular weight excluding hydrogens is 436 g/mol. The molecule has 1 spiro atoms. The molecule has 0 aromatic rings. The lowest BCUT2D eigenvalue weighted by atomic mass is 9.62. The molecule has 4 rings (SSSR count). The molecule has 0 aromatic heterocycles. The van der Waals surface area contributed by atoms with Gasteiger partial charge < -0.3 is 24.7 Å². The summed E-state index contributed by atoms with van der Waals surface area (Å²) in [7, 11) is 0. The molecule has 8 nitrogen and oxygen atoms in total. The van der Waals surface area contributed by atoms with Crippen molar-refractivity contribution in [2.24, 2.45) is 17.8 Å². The number of unbranched alkanes of at least 4 members (excludes halogenated alkanes) is 2. The van der Waals surface area contributed by atoms with Gasteiger partial charge in [0.15, 0.2) is 0 Å². The van der Waals surface area contributed by atoms with E-state index in [1.54, 1.807) is 17.9 Å². The van der Waals surface area contributed by atoms with Crippen molar-refractivity contribution in [2.75, 3.05) is 19.7 Å². The van der Waals surface area contributed by atoms with Crippen LogP contribution in [-0.2, 0) is 19.1 Å². The standard InChI is InChI=1S/C26H40N2O6/c1-4-13-27(18-11-7-5-8-12-18)23(31)21-26-16-17(2)25(3,34-26)20(24(32)33)19(26)22(30)28(21)14-9-6-10-15-29/h4,17-21,29H,1,5-16H2,2-3H3,(H,32,33)/t17?,19-,20-,21?,25+,26?/m0/s1. The number of aliphatic hydroxyl groups excluding tert-OH is 1. The van der Waals surface area contributed by atoms with Crippen LogP contribution in [0, 0.1) is 17.8 Å². The van der Waals surface area contributed by atoms with Gasteiger partial charge in [-0.15, -0.1) is 6.58 Å². The number of amides is 2. The first-order valence-corrected chi connectivity index (χ1v) is 13.0. The number of aliphatic carboxylic acids is 1. The summed E-state index contributed by atoms with van der Waals surface area (Å²) in [4.78, 5) is 44.0. The maximum atomic E-state index is 14.3. The molecule has 0 radical (unpaired) electrons. The molecule has 4 aliphatic rings. The highest BCUT2D eigenvalue weighted by Crippen LogP contribution is 2.65. The van der Waals surface area contributed by atoms with E-state index >= 15 is 0 Å². The van der Waals surface area contributed by atoms with Gasteiger partial charge in [-0.25, -0.2) is 0 Å². The Morgan fingerprint density at radius 1 is 1.24 bits per heavy atom. The Bertz CT molecular complexity index is 826. The predicted molar refractivity (Wildman–Crippen MR) is 126 cm³/mol. The lowest BCUT2D eigenvalue weighted by molar-refractivity contribution is -0.158. The summed E-state index contributed by atoms with van der Waals surface area (Å²) < 4.78 is 6.58. The van der Waals surface area contributed by atoms with Crippen molar-refractivity contribution in [3.63, 3.8) is 0 Å². The maximum absolute atomic E-state index is 14.3. The molecule has 3 unspecified atom stereocenters. The lowest BCUT2D eigenvalue weighted by Crippen LogP contribution is -2.58. The van der Waals surface area contributed by atoms with Gasteiger partial charge in [-0.1, -0.05) is 32.3 Å². The van der Waals surface area contributed by atoms with Crippen molar-refractivity contribution >= 4 is 17.8 Å². The number of carboxylic acids is 1. The van der Waals surface area contributed by atoms with E-state index in [0.29, 0.717) is 32.4 Å². The third-order valence-electron chi connectivity index (χ3n) is 9.00. The number of aliphatic hydroxyl groups is 1. The van der Waals surface area contributed by atoms with Crippen LogP contribution in [0.5, 0.6) is 0 Å². The van der Waals surface area contributed by atoms with Crippen molar-refractivity contribution in [3.05, 3.63) is 12.7 Å². The van der Waals surface area contributed by atoms with Crippen LogP contribution in [0.15, 0.2) is 12.7 Å². The van der Waals surface area contributed by atoms with Crippen LogP contribution in [-0.4, -0.2) is 80.8 Å². The van der Waals surface area contributed by atoms with Crippen LogP contribution < -0.4 is 0 Å². The molecular formula is C26H40N2O6. The topological polar surface area (TPSA) is 107 Å². The number of fused-ring (bicyclic) bond motifs is 1. The largest absolute Gasteiger partial charge is 0.481 e. The predicted octanol–water partition coefficient (Wildman–Crippen LogP) is 2.59. The van der Waals surface area contributed by atoms with E-state index in [2.05, 4.69) is 6.58 Å². The molecule has 3 aliphatic heterocycles. The van der Waals surface area contributed by atoms with Crippen LogP contribution in [0.3, 0.4) is 0 Å². The second kappa shape index (κ2) is 9.61. The van der Waals surface area contributed by atoms with Crippen LogP contribution in [0.4, 0.5) is 0 Å². The van der Waals surface area contributed by atoms with Gasteiger partial charge in [-0.05, 0) is 51.4 Å². The molecule has 4 fully saturated rings. The lowest BCUT2D eigenvalue weighted by Gasteiger charge is -2.41. The second-order valence-electron chi connectivity index (χ2n) is 10.9. The molecule has 0 aromatic carbocycles. The molecule has 190 valence electrons. The second-order valence-corrected chi connectivity index (χ2v) is 10.9. The fourth-order valence-electron chi connectivity index (χ4n) is 7.31. The quantitative estimate of drug-likeness (QED) is 0.371. The van der Waals surface area contributed by atoms with E-state index in [4.69, 9.17) is 9.84 Å². The van der Waals surface area contributed by atoms with Gasteiger partial charge in [0.05, 0.1) is 11.5 Å². The summed E-state index contributed by atoms with van der Waals surface area (Å²) in [5.74, 6) is -3.33. The Morgan fingerprint density at radius 2 is 1.94 bits per heavy atom. The van der Waals surface area contributed by atoms with Gasteiger partial charge >= 0.3 is 5.97 Å². The number of rotatable bonds is 10. The van der Waals surface area contributed by atoms with E-state index in [0.717, 1.165) is 38.5 Å². The molecule has 8 heteroatoms. The number of carbonyl (C=O) groups is 3. The summed E-state index contributed by atoms with van der Waals surface area (Å²) in [5, 5.41) is 19.3. The number of carbonyl (C=O) groups excluding carboxylic acids is 2. The van der Waals surface area contributed by atoms with Gasteiger partial charge in [0.25, 0.3) is 0 Å². The van der Waals surface area contributed by atoms with Crippen LogP contribution in [0.1, 0.15) is 71.6 Å². The fraction of sp³-hybridized carbons (Fsp3) is 0.808. The summed E-state index contributed by atoms with van der Waals surface area (Å²) >= 11 is 0. The first-order chi connectivity index (χ1) is 16.2. The van der Waals surface area contributed by atoms with Crippen molar-refractivity contribution < 1.29 is 29.3 Å². The smallest absolute Gasteiger partial charge is 0.310 e. The molecule has 3 heterocycles. The first kappa shape index (κ1) is 25.2. The first-order valence-electron chi connectivity index (χ1n) is 13.0. The Labute approximate surface area is 202 Å². The minimum atomic E-state index is -1.11. The third kappa shape index (κ3) is 3.77. The van der Waals surface area contributed by atoms with Crippen molar-refractivity contribution in [2.45, 2.75) is 94.9 Å². The highest BCUT2D eigenvalue weighted by atomic mass is 16.5. The van der Waals surface area contributed by atoms with Gasteiger partial charge in [-0.2, -0.15) is 0 Å². The number of hydrogen-bond donors (Lipinski definition) is 2. The van der Waals surface area contributed by atoms with Crippen molar-refractivity contribution in [1.29, 1.82) is 0 Å². The molecule has 1 aliphatic carbocycles. The van der Waals surface area contributed by atoms with Gasteiger partial charge in [0.2, 0.25) is 11.8 Å². The average Bonchev–Trinajstić information content (AvgIpc) is 3.32. The Kier molecular flexibility index (Phi) is 7.11. The highest BCUT2D eigenvalue weighted by Gasteiger charge is 2.80. The Hall–Kier alpha value is -1.93. The van der Waals surface area contributed by atoms with E-state index < -0.39 is 35.0 Å². The summed E-state index contributed by atoms with van der Waals surface area (Å²) in [6.45, 7) is 8.49. The average molecular weight is 477 g/mol. The van der Waals surface area contributed by atoms with Crippen LogP contribution in [0.2, 0.25) is 0 Å². The summed E-state index contributed by atoms with van der Waals surface area (Å²) in [5.41, 5.74) is -2.09. The molecule has 2 N–H and O–H groups in total. The molecule has 3 saturated heterocycles. The van der Waals surface area contributed by atoms with Gasteiger partial charge in [0.1, 0.15) is 17.6 Å². The SMILES string of the molecule is C=CCN(C(=O)C1N(CCCCCO)C(=O)[C@@H]2[C@@H](C(=O)O)[C@]3(C)OC12CC3C)C1CCCCC1.